The average Bonchev–Trinajstić information content (AvgIpc) is 2.75. The summed E-state index contributed by atoms with van der Waals surface area (Å²) in [5.74, 6) is -5.61. The maximum atomic E-state index is 11.0. The smallest absolute Gasteiger partial charge is 0.548 e. The van der Waals surface area contributed by atoms with Gasteiger partial charge in [-0.2, -0.15) is 0 Å². The summed E-state index contributed by atoms with van der Waals surface area (Å²) < 4.78 is 11.2. The summed E-state index contributed by atoms with van der Waals surface area (Å²) in [6.45, 7) is -2.96. The van der Waals surface area contributed by atoms with Crippen molar-refractivity contribution in [2.75, 3.05) is 49.2 Å². The number of nitrogens with zero attached hydrogens (tertiary/aromatic N) is 2. The van der Waals surface area contributed by atoms with Gasteiger partial charge in [0.1, 0.15) is 24.7 Å². The van der Waals surface area contributed by atoms with E-state index in [2.05, 4.69) is 0 Å². The third-order valence-corrected chi connectivity index (χ3v) is 4.29. The van der Waals surface area contributed by atoms with E-state index in [0.717, 1.165) is 9.80 Å². The number of para-hydroxylation sites is 4. The van der Waals surface area contributed by atoms with E-state index in [0.29, 0.717) is 0 Å². The van der Waals surface area contributed by atoms with Crippen molar-refractivity contribution >= 4 is 35.3 Å². The number of benzene rings is 2. The summed E-state index contributed by atoms with van der Waals surface area (Å²) in [5.41, 5.74) is 0.371. The summed E-state index contributed by atoms with van der Waals surface area (Å²) in [7, 11) is 0. The van der Waals surface area contributed by atoms with Crippen LogP contribution in [0.15, 0.2) is 48.5 Å². The average molecular weight is 629 g/mol. The van der Waals surface area contributed by atoms with Crippen molar-refractivity contribution in [1.29, 1.82) is 0 Å². The van der Waals surface area contributed by atoms with Crippen LogP contribution in [0.1, 0.15) is 0 Å². The molecule has 0 bridgehead atoms. The molecule has 0 aromatic heterocycles. The minimum atomic E-state index is -1.49. The molecule has 0 saturated carbocycles. The molecule has 0 saturated heterocycles. The zero-order chi connectivity index (χ0) is 25.1. The van der Waals surface area contributed by atoms with Crippen molar-refractivity contribution in [3.63, 3.8) is 0 Å². The van der Waals surface area contributed by atoms with Gasteiger partial charge in [-0.05, 0) is 24.3 Å². The van der Waals surface area contributed by atoms with E-state index in [1.54, 1.807) is 24.3 Å². The van der Waals surface area contributed by atoms with Gasteiger partial charge in [0, 0.05) is 0 Å². The van der Waals surface area contributed by atoms with Gasteiger partial charge in [0.2, 0.25) is 0 Å². The molecule has 2 rings (SSSR count). The number of carboxylic acid groups (broad SMARTS) is 4. The van der Waals surface area contributed by atoms with E-state index >= 15 is 0 Å². The van der Waals surface area contributed by atoms with E-state index in [9.17, 15) is 39.6 Å². The first-order valence-corrected chi connectivity index (χ1v) is 9.90. The second kappa shape index (κ2) is 24.5. The van der Waals surface area contributed by atoms with Gasteiger partial charge in [-0.3, -0.25) is 0 Å². The Morgan fingerprint density at radius 1 is 0.526 bits per heavy atom. The maximum Gasteiger partial charge on any atom is 1.00 e. The third kappa shape index (κ3) is 17.2. The molecule has 16 heteroatoms. The molecule has 0 aliphatic heterocycles. The first kappa shape index (κ1) is 44.5. The van der Waals surface area contributed by atoms with Crippen LogP contribution in [0.3, 0.4) is 0 Å². The number of rotatable bonds is 15. The molecule has 0 atom stereocenters. The first-order valence-electron chi connectivity index (χ1n) is 9.90. The number of carbonyl (C=O) groups excluding carboxylic acids is 4. The molecule has 0 spiro atoms. The number of ether oxygens (including phenoxy) is 2. The topological polar surface area (TPSA) is 185 Å². The summed E-state index contributed by atoms with van der Waals surface area (Å²) in [6, 6.07) is 12.3. The normalized spacial score (nSPS) is 9.16. The van der Waals surface area contributed by atoms with Crippen LogP contribution in [-0.2, 0) is 19.2 Å². The van der Waals surface area contributed by atoms with Gasteiger partial charge in [-0.1, -0.05) is 24.3 Å². The number of anilines is 2. The van der Waals surface area contributed by atoms with Crippen LogP contribution in [-0.4, -0.2) is 63.3 Å². The molecule has 2 aromatic rings. The minimum Gasteiger partial charge on any atom is -0.548 e. The predicted octanol–water partition coefficient (Wildman–Crippen LogP) is -16.2. The standard InChI is InChI=1S/C22H24N2O10.4K/c25-19(26)11-23(12-20(27)28)15-5-1-3-7-17(15)33-9-10-34-18-8-4-2-6-16(18)24(13-21(29)30)14-22(31)32;;;;/h1-8H,9-14H2,(H,25,26)(H,27,28)(H,29,30)(H,31,32);;;;/q;4*+1/p-4. The number of hydrogen-bond acceptors (Lipinski definition) is 12. The Hall–Kier alpha value is 2.07. The molecule has 0 aliphatic carbocycles. The molecule has 0 radical (unpaired) electrons. The Kier molecular flexibility index (Phi) is 28.7. The van der Waals surface area contributed by atoms with E-state index in [-0.39, 0.29) is 242 Å². The van der Waals surface area contributed by atoms with Gasteiger partial charge in [0.25, 0.3) is 0 Å². The fourth-order valence-electron chi connectivity index (χ4n) is 3.06. The quantitative estimate of drug-likeness (QED) is 0.134. The van der Waals surface area contributed by atoms with E-state index in [1.165, 1.54) is 24.3 Å². The second-order valence-corrected chi connectivity index (χ2v) is 6.83. The fraction of sp³-hybridized carbons (Fsp3) is 0.273. The Labute approximate surface area is 389 Å². The van der Waals surface area contributed by atoms with Gasteiger partial charge < -0.3 is 58.9 Å². The first-order chi connectivity index (χ1) is 16.2. The van der Waals surface area contributed by atoms with E-state index in [4.69, 9.17) is 9.47 Å². The molecule has 0 heterocycles. The minimum absolute atomic E-state index is 0. The molecular formula is C22H20K4N2O10. The van der Waals surface area contributed by atoms with Crippen molar-refractivity contribution in [2.24, 2.45) is 0 Å². The van der Waals surface area contributed by atoms with Crippen LogP contribution >= 0.6 is 0 Å². The molecule has 0 fully saturated rings. The van der Waals surface area contributed by atoms with Crippen molar-refractivity contribution in [3.8, 4) is 11.5 Å². The number of carboxylic acids is 4. The molecule has 12 nitrogen and oxygen atoms in total. The van der Waals surface area contributed by atoms with Crippen molar-refractivity contribution in [1.82, 2.24) is 0 Å². The van der Waals surface area contributed by atoms with Crippen LogP contribution in [0.5, 0.6) is 11.5 Å². The molecule has 0 amide bonds. The summed E-state index contributed by atoms with van der Waals surface area (Å²) >= 11 is 0. The van der Waals surface area contributed by atoms with Crippen LogP contribution in [0, 0.1) is 0 Å². The zero-order valence-corrected chi connectivity index (χ0v) is 34.3. The SMILES string of the molecule is O=C([O-])CN(CC(=O)[O-])c1ccccc1OCCOc1ccccc1N(CC(=O)[O-])CC(=O)[O-].[K+].[K+].[K+].[K+]. The summed E-state index contributed by atoms with van der Waals surface area (Å²) in [5, 5.41) is 44.0. The second-order valence-electron chi connectivity index (χ2n) is 6.83. The van der Waals surface area contributed by atoms with Crippen molar-refractivity contribution < 1.29 is 255 Å². The van der Waals surface area contributed by atoms with Crippen molar-refractivity contribution in [2.45, 2.75) is 0 Å². The van der Waals surface area contributed by atoms with Gasteiger partial charge in [0.15, 0.2) is 0 Å². The molecule has 38 heavy (non-hydrogen) atoms. The van der Waals surface area contributed by atoms with Gasteiger partial charge in [0.05, 0.1) is 61.4 Å². The molecule has 0 unspecified atom stereocenters. The summed E-state index contributed by atoms with van der Waals surface area (Å²) in [6.07, 6.45) is 0. The van der Waals surface area contributed by atoms with Gasteiger partial charge in [-0.15, -0.1) is 0 Å². The Morgan fingerprint density at radius 2 is 0.789 bits per heavy atom. The molecule has 182 valence electrons. The molecule has 0 aliphatic rings. The monoisotopic (exact) mass is 628 g/mol. The number of aliphatic carboxylic acids is 4. The third-order valence-electron chi connectivity index (χ3n) is 4.29. The van der Waals surface area contributed by atoms with Crippen LogP contribution < -0.4 is 245 Å². The van der Waals surface area contributed by atoms with Crippen molar-refractivity contribution in [3.05, 3.63) is 48.5 Å². The molecular weight excluding hydrogens is 609 g/mol. The maximum absolute atomic E-state index is 11.0. The molecule has 2 aromatic carbocycles. The Morgan fingerprint density at radius 3 is 1.05 bits per heavy atom. The van der Waals surface area contributed by atoms with E-state index in [1.807, 2.05) is 0 Å². The van der Waals surface area contributed by atoms with Crippen LogP contribution in [0.25, 0.3) is 0 Å². The zero-order valence-electron chi connectivity index (χ0n) is 21.8. The van der Waals surface area contributed by atoms with Crippen LogP contribution in [0.2, 0.25) is 0 Å². The Bertz CT molecular complexity index is 931. The number of hydrogen-bond donors (Lipinski definition) is 0. The van der Waals surface area contributed by atoms with Crippen LogP contribution in [0.4, 0.5) is 11.4 Å². The number of carbonyl (C=O) groups is 4. The van der Waals surface area contributed by atoms with E-state index < -0.39 is 50.1 Å². The van der Waals surface area contributed by atoms with Gasteiger partial charge >= 0.3 is 206 Å². The Balaban J connectivity index is -0.00000306. The largest absolute Gasteiger partial charge is 1.00 e. The predicted molar refractivity (Wildman–Crippen MR) is 108 cm³/mol. The summed E-state index contributed by atoms with van der Waals surface area (Å²) in [4.78, 5) is 46.0. The van der Waals surface area contributed by atoms with Gasteiger partial charge in [-0.25, -0.2) is 0 Å². The fourth-order valence-corrected chi connectivity index (χ4v) is 3.06. The molecule has 0 N–H and O–H groups in total.